The Hall–Kier alpha value is -1.85. The highest BCUT2D eigenvalue weighted by Crippen LogP contribution is 2.29. The highest BCUT2D eigenvalue weighted by Gasteiger charge is 2.22. The molecule has 3 rings (SSSR count). The lowest BCUT2D eigenvalue weighted by Gasteiger charge is -2.06. The van der Waals surface area contributed by atoms with Gasteiger partial charge in [0.25, 0.3) is 5.91 Å². The Morgan fingerprint density at radius 3 is 3.00 bits per heavy atom. The van der Waals surface area contributed by atoms with E-state index in [0.29, 0.717) is 16.4 Å². The van der Waals surface area contributed by atoms with Gasteiger partial charge in [0.1, 0.15) is 11.9 Å². The summed E-state index contributed by atoms with van der Waals surface area (Å²) in [4.78, 5) is 12.2. The number of benzene rings is 1. The molecule has 1 atom stereocenters. The van der Waals surface area contributed by atoms with E-state index in [1.54, 1.807) is 36.0 Å². The number of rotatable bonds is 3. The first-order valence-electron chi connectivity index (χ1n) is 6.86. The van der Waals surface area contributed by atoms with Crippen molar-refractivity contribution in [1.29, 1.82) is 0 Å². The van der Waals surface area contributed by atoms with E-state index in [1.807, 2.05) is 6.07 Å². The van der Waals surface area contributed by atoms with Gasteiger partial charge in [0.05, 0.1) is 16.3 Å². The summed E-state index contributed by atoms with van der Waals surface area (Å²) in [7, 11) is 1.79. The standard InChI is InChI=1S/C15H16ClN3O2/c1-19-14(9-12(18-19)13-7-4-8-21-13)17-15(20)10-5-2-3-6-11(10)16/h2-3,5-6,9,13H,4,7-8H2,1H3,(H,17,20). The third-order valence-electron chi connectivity index (χ3n) is 3.52. The molecule has 1 aliphatic heterocycles. The summed E-state index contributed by atoms with van der Waals surface area (Å²) >= 11 is 6.03. The number of nitrogens with one attached hydrogen (secondary N) is 1. The largest absolute Gasteiger partial charge is 0.372 e. The van der Waals surface area contributed by atoms with Crippen molar-refractivity contribution < 1.29 is 9.53 Å². The second-order valence-corrected chi connectivity index (χ2v) is 5.42. The maximum atomic E-state index is 12.2. The van der Waals surface area contributed by atoms with Gasteiger partial charge in [0, 0.05) is 19.7 Å². The van der Waals surface area contributed by atoms with Crippen molar-refractivity contribution in [3.63, 3.8) is 0 Å². The summed E-state index contributed by atoms with van der Waals surface area (Å²) < 4.78 is 7.25. The van der Waals surface area contributed by atoms with Crippen molar-refractivity contribution in [1.82, 2.24) is 9.78 Å². The minimum Gasteiger partial charge on any atom is -0.372 e. The Balaban J connectivity index is 1.78. The van der Waals surface area contributed by atoms with E-state index in [9.17, 15) is 4.79 Å². The summed E-state index contributed by atoms with van der Waals surface area (Å²) in [6, 6.07) is 8.80. The Morgan fingerprint density at radius 1 is 1.48 bits per heavy atom. The number of hydrogen-bond acceptors (Lipinski definition) is 3. The van der Waals surface area contributed by atoms with Gasteiger partial charge in [-0.2, -0.15) is 5.10 Å². The number of amides is 1. The lowest BCUT2D eigenvalue weighted by molar-refractivity contribution is 0.102. The molecule has 6 heteroatoms. The van der Waals surface area contributed by atoms with Gasteiger partial charge >= 0.3 is 0 Å². The van der Waals surface area contributed by atoms with E-state index in [1.165, 1.54) is 0 Å². The van der Waals surface area contributed by atoms with Crippen molar-refractivity contribution in [3.05, 3.63) is 46.6 Å². The summed E-state index contributed by atoms with van der Waals surface area (Å²) in [5, 5.41) is 7.67. The van der Waals surface area contributed by atoms with Gasteiger partial charge in [-0.3, -0.25) is 9.48 Å². The Labute approximate surface area is 127 Å². The van der Waals surface area contributed by atoms with Crippen molar-refractivity contribution >= 4 is 23.3 Å². The fourth-order valence-electron chi connectivity index (χ4n) is 2.40. The second kappa shape index (κ2) is 5.87. The van der Waals surface area contributed by atoms with Crippen LogP contribution in [-0.4, -0.2) is 22.3 Å². The summed E-state index contributed by atoms with van der Waals surface area (Å²) in [6.07, 6.45) is 2.04. The van der Waals surface area contributed by atoms with E-state index in [0.717, 1.165) is 25.1 Å². The minimum atomic E-state index is -0.248. The molecule has 1 aliphatic rings. The van der Waals surface area contributed by atoms with Crippen LogP contribution in [0.25, 0.3) is 0 Å². The molecule has 5 nitrogen and oxygen atoms in total. The maximum absolute atomic E-state index is 12.2. The molecule has 110 valence electrons. The molecule has 0 radical (unpaired) electrons. The number of hydrogen-bond donors (Lipinski definition) is 1. The summed E-state index contributed by atoms with van der Waals surface area (Å²) in [5.74, 6) is 0.382. The average molecular weight is 306 g/mol. The molecule has 21 heavy (non-hydrogen) atoms. The lowest BCUT2D eigenvalue weighted by atomic mass is 10.2. The quantitative estimate of drug-likeness (QED) is 0.947. The molecule has 1 amide bonds. The van der Waals surface area contributed by atoms with Crippen LogP contribution >= 0.6 is 11.6 Å². The predicted molar refractivity (Wildman–Crippen MR) is 80.5 cm³/mol. The normalized spacial score (nSPS) is 17.9. The number of nitrogens with zero attached hydrogens (tertiary/aromatic N) is 2. The van der Waals surface area contributed by atoms with Crippen LogP contribution in [0.4, 0.5) is 5.82 Å². The Morgan fingerprint density at radius 2 is 2.29 bits per heavy atom. The molecular formula is C15H16ClN3O2. The number of ether oxygens (including phenoxy) is 1. The number of aromatic nitrogens is 2. The van der Waals surface area contributed by atoms with Crippen LogP contribution in [0.15, 0.2) is 30.3 Å². The molecule has 1 fully saturated rings. The smallest absolute Gasteiger partial charge is 0.258 e. The molecular weight excluding hydrogens is 290 g/mol. The van der Waals surface area contributed by atoms with E-state index in [-0.39, 0.29) is 12.0 Å². The lowest BCUT2D eigenvalue weighted by Crippen LogP contribution is -2.14. The van der Waals surface area contributed by atoms with Gasteiger partial charge in [0.2, 0.25) is 0 Å². The zero-order valence-corrected chi connectivity index (χ0v) is 12.4. The van der Waals surface area contributed by atoms with Gasteiger partial charge in [-0.05, 0) is 25.0 Å². The molecule has 1 aromatic heterocycles. The van der Waals surface area contributed by atoms with Gasteiger partial charge in [0.15, 0.2) is 0 Å². The van der Waals surface area contributed by atoms with E-state index < -0.39 is 0 Å². The molecule has 0 bridgehead atoms. The van der Waals surface area contributed by atoms with E-state index >= 15 is 0 Å². The Bertz CT molecular complexity index is 663. The van der Waals surface area contributed by atoms with Gasteiger partial charge < -0.3 is 10.1 Å². The third-order valence-corrected chi connectivity index (χ3v) is 3.85. The number of anilines is 1. The first kappa shape index (κ1) is 14.1. The van der Waals surface area contributed by atoms with Gasteiger partial charge in [-0.25, -0.2) is 0 Å². The summed E-state index contributed by atoms with van der Waals surface area (Å²) in [5.41, 5.74) is 1.29. The monoisotopic (exact) mass is 305 g/mol. The van der Waals surface area contributed by atoms with E-state index in [2.05, 4.69) is 10.4 Å². The fraction of sp³-hybridized carbons (Fsp3) is 0.333. The van der Waals surface area contributed by atoms with Gasteiger partial charge in [-0.15, -0.1) is 0 Å². The van der Waals surface area contributed by atoms with E-state index in [4.69, 9.17) is 16.3 Å². The third kappa shape index (κ3) is 2.94. The van der Waals surface area contributed by atoms with Crippen molar-refractivity contribution in [2.75, 3.05) is 11.9 Å². The van der Waals surface area contributed by atoms with Crippen molar-refractivity contribution in [2.45, 2.75) is 18.9 Å². The molecule has 2 aromatic rings. The summed E-state index contributed by atoms with van der Waals surface area (Å²) in [6.45, 7) is 0.766. The van der Waals surface area contributed by atoms with Crippen molar-refractivity contribution in [2.24, 2.45) is 7.05 Å². The average Bonchev–Trinajstić information content (AvgIpc) is 3.10. The molecule has 1 unspecified atom stereocenters. The van der Waals surface area contributed by atoms with Crippen LogP contribution in [0.2, 0.25) is 5.02 Å². The molecule has 0 aliphatic carbocycles. The highest BCUT2D eigenvalue weighted by molar-refractivity contribution is 6.34. The fourth-order valence-corrected chi connectivity index (χ4v) is 2.63. The number of aryl methyl sites for hydroxylation is 1. The first-order valence-corrected chi connectivity index (χ1v) is 7.24. The van der Waals surface area contributed by atoms with Gasteiger partial charge in [-0.1, -0.05) is 23.7 Å². The van der Waals surface area contributed by atoms with Crippen LogP contribution in [-0.2, 0) is 11.8 Å². The zero-order chi connectivity index (χ0) is 14.8. The highest BCUT2D eigenvalue weighted by atomic mass is 35.5. The van der Waals surface area contributed by atoms with Crippen molar-refractivity contribution in [3.8, 4) is 0 Å². The molecule has 1 aromatic carbocycles. The number of carbonyl (C=O) groups is 1. The zero-order valence-electron chi connectivity index (χ0n) is 11.7. The Kier molecular flexibility index (Phi) is 3.94. The van der Waals surface area contributed by atoms with Crippen LogP contribution in [0, 0.1) is 0 Å². The van der Waals surface area contributed by atoms with Crippen LogP contribution < -0.4 is 5.32 Å². The first-order chi connectivity index (χ1) is 10.1. The molecule has 1 N–H and O–H groups in total. The number of carbonyl (C=O) groups excluding carboxylic acids is 1. The number of halogens is 1. The molecule has 0 saturated carbocycles. The van der Waals surface area contributed by atoms with Crippen LogP contribution in [0.3, 0.4) is 0 Å². The SMILES string of the molecule is Cn1nc(C2CCCO2)cc1NC(=O)c1ccccc1Cl. The van der Waals surface area contributed by atoms with Crippen LogP contribution in [0.5, 0.6) is 0 Å². The van der Waals surface area contributed by atoms with Crippen LogP contribution in [0.1, 0.15) is 35.0 Å². The topological polar surface area (TPSA) is 56.1 Å². The second-order valence-electron chi connectivity index (χ2n) is 5.01. The maximum Gasteiger partial charge on any atom is 0.258 e. The molecule has 2 heterocycles. The minimum absolute atomic E-state index is 0.0298. The molecule has 1 saturated heterocycles. The predicted octanol–water partition coefficient (Wildman–Crippen LogP) is 3.18. The molecule has 0 spiro atoms.